The van der Waals surface area contributed by atoms with Crippen LogP contribution in [0.5, 0.6) is 0 Å². The van der Waals surface area contributed by atoms with Crippen LogP contribution in [0, 0.1) is 0 Å². The summed E-state index contributed by atoms with van der Waals surface area (Å²) < 4.78 is 68.5. The van der Waals surface area contributed by atoms with E-state index in [9.17, 15) is 43.2 Å². The van der Waals surface area contributed by atoms with Crippen molar-refractivity contribution in [3.05, 3.63) is 97.2 Å². The van der Waals surface area contributed by atoms with E-state index in [1.807, 2.05) is 0 Å². The third-order valence-corrected chi connectivity index (χ3v) is 18.4. The molecule has 3 N–H and O–H groups in total. The van der Waals surface area contributed by atoms with Gasteiger partial charge in [-0.25, -0.2) is 9.13 Å². The van der Waals surface area contributed by atoms with Gasteiger partial charge in [0.25, 0.3) is 0 Å². The molecular formula is C81H142O17P2. The molecule has 0 aromatic carbocycles. The van der Waals surface area contributed by atoms with Crippen LogP contribution in [0.3, 0.4) is 0 Å². The quantitative estimate of drug-likeness (QED) is 0.0169. The van der Waals surface area contributed by atoms with Crippen LogP contribution in [-0.2, 0) is 65.4 Å². The lowest BCUT2D eigenvalue weighted by atomic mass is 10.1. The highest BCUT2D eigenvalue weighted by Gasteiger charge is 2.30. The van der Waals surface area contributed by atoms with Crippen molar-refractivity contribution in [3.63, 3.8) is 0 Å². The van der Waals surface area contributed by atoms with Crippen molar-refractivity contribution in [1.82, 2.24) is 0 Å². The summed E-state index contributed by atoms with van der Waals surface area (Å²) in [6.45, 7) is 4.67. The number of aliphatic hydroxyl groups is 1. The highest BCUT2D eigenvalue weighted by atomic mass is 31.2. The van der Waals surface area contributed by atoms with E-state index >= 15 is 0 Å². The topological polar surface area (TPSA) is 237 Å². The zero-order chi connectivity index (χ0) is 73.2. The summed E-state index contributed by atoms with van der Waals surface area (Å²) in [7, 11) is -9.96. The third-order valence-electron chi connectivity index (χ3n) is 16.5. The average Bonchev–Trinajstić information content (AvgIpc) is 0.966. The molecule has 19 heteroatoms. The van der Waals surface area contributed by atoms with Crippen LogP contribution >= 0.6 is 15.6 Å². The maximum Gasteiger partial charge on any atom is 0.472 e. The number of allylic oxidation sites excluding steroid dienone is 16. The normalized spacial score (nSPS) is 14.4. The van der Waals surface area contributed by atoms with Crippen LogP contribution in [0.2, 0.25) is 0 Å². The van der Waals surface area contributed by atoms with Gasteiger partial charge in [-0.05, 0) is 141 Å². The Morgan fingerprint density at radius 2 is 0.530 bits per heavy atom. The van der Waals surface area contributed by atoms with Gasteiger partial charge >= 0.3 is 39.5 Å². The highest BCUT2D eigenvalue weighted by molar-refractivity contribution is 7.47. The van der Waals surface area contributed by atoms with E-state index in [0.717, 1.165) is 186 Å². The predicted octanol–water partition coefficient (Wildman–Crippen LogP) is 22.8. The Morgan fingerprint density at radius 3 is 0.860 bits per heavy atom. The molecule has 0 saturated heterocycles. The summed E-state index contributed by atoms with van der Waals surface area (Å²) in [5.41, 5.74) is 0. The van der Waals surface area contributed by atoms with Crippen molar-refractivity contribution >= 4 is 39.5 Å². The predicted molar refractivity (Wildman–Crippen MR) is 409 cm³/mol. The Morgan fingerprint density at radius 1 is 0.290 bits per heavy atom. The summed E-state index contributed by atoms with van der Waals surface area (Å²) in [5, 5.41) is 10.6. The number of aliphatic hydroxyl groups excluding tert-OH is 1. The number of ether oxygens (including phenoxy) is 4. The van der Waals surface area contributed by atoms with Gasteiger partial charge in [0, 0.05) is 25.7 Å². The second-order valence-corrected chi connectivity index (χ2v) is 29.2. The molecule has 0 rings (SSSR count). The van der Waals surface area contributed by atoms with Crippen molar-refractivity contribution in [2.45, 2.75) is 354 Å². The van der Waals surface area contributed by atoms with Gasteiger partial charge < -0.3 is 33.8 Å². The van der Waals surface area contributed by atoms with Gasteiger partial charge in [0.2, 0.25) is 0 Å². The number of carbonyl (C=O) groups excluding carboxylic acids is 4. The number of carbonyl (C=O) groups is 4. The number of esters is 4. The summed E-state index contributed by atoms with van der Waals surface area (Å²) in [6, 6.07) is 0. The molecule has 0 aliphatic carbocycles. The monoisotopic (exact) mass is 1450 g/mol. The zero-order valence-corrected chi connectivity index (χ0v) is 64.9. The molecular weight excluding hydrogens is 1310 g/mol. The van der Waals surface area contributed by atoms with E-state index in [1.165, 1.54) is 70.6 Å². The van der Waals surface area contributed by atoms with Crippen LogP contribution in [0.4, 0.5) is 0 Å². The number of hydrogen-bond acceptors (Lipinski definition) is 15. The molecule has 0 aromatic rings. The first-order valence-electron chi connectivity index (χ1n) is 39.5. The SMILES string of the molecule is CC/C=C\C/C=C\C/C=C\CCCCCCCC(=O)OCC(COP(=O)(O)OCC(O)COP(=O)(O)OCC(COC(=O)CCCCCCCC/C=C\C/C=C\C/C=C\CCCCC)OC(=O)CCCCCCC/C=C\CCCC)OC(=O)CCCCCCC/C=C\CCCCCCCC. The zero-order valence-electron chi connectivity index (χ0n) is 63.1. The molecule has 5 unspecified atom stereocenters. The minimum absolute atomic E-state index is 0.0813. The molecule has 5 atom stereocenters. The summed E-state index contributed by atoms with van der Waals surface area (Å²) in [6.07, 6.45) is 76.8. The molecule has 100 heavy (non-hydrogen) atoms. The Hall–Kier alpha value is -4.02. The lowest BCUT2D eigenvalue weighted by molar-refractivity contribution is -0.161. The molecule has 0 aromatic heterocycles. The smallest absolute Gasteiger partial charge is 0.462 e. The molecule has 17 nitrogen and oxygen atoms in total. The van der Waals surface area contributed by atoms with Crippen molar-refractivity contribution in [2.24, 2.45) is 0 Å². The van der Waals surface area contributed by atoms with E-state index in [2.05, 4.69) is 125 Å². The number of rotatable bonds is 74. The maximum atomic E-state index is 13.1. The van der Waals surface area contributed by atoms with Crippen molar-refractivity contribution in [3.8, 4) is 0 Å². The van der Waals surface area contributed by atoms with Crippen LogP contribution in [0.25, 0.3) is 0 Å². The first kappa shape index (κ1) is 96.0. The average molecular weight is 1450 g/mol. The summed E-state index contributed by atoms with van der Waals surface area (Å²) in [4.78, 5) is 72.9. The van der Waals surface area contributed by atoms with E-state index in [1.54, 1.807) is 0 Å². The Bertz CT molecular complexity index is 2270. The number of unbranched alkanes of at least 4 members (excludes halogenated alkanes) is 32. The van der Waals surface area contributed by atoms with Gasteiger partial charge in [-0.3, -0.25) is 37.3 Å². The van der Waals surface area contributed by atoms with Gasteiger partial charge in [0.15, 0.2) is 12.2 Å². The number of phosphoric ester groups is 2. The molecule has 0 aliphatic rings. The molecule has 0 spiro atoms. The van der Waals surface area contributed by atoms with Gasteiger partial charge in [-0.1, -0.05) is 266 Å². The van der Waals surface area contributed by atoms with Crippen LogP contribution in [0.1, 0.15) is 336 Å². The third kappa shape index (κ3) is 72.3. The maximum absolute atomic E-state index is 13.1. The van der Waals surface area contributed by atoms with Gasteiger partial charge in [0.1, 0.15) is 19.3 Å². The minimum atomic E-state index is -4.98. The second kappa shape index (κ2) is 73.3. The fourth-order valence-electron chi connectivity index (χ4n) is 10.5. The standard InChI is InChI=1S/C81H142O17P2/c1-5-9-13-17-21-25-29-32-35-36-37-38-41-43-47-50-54-58-62-66-79(84)91-71-76(97-80(85)67-63-59-55-51-45-28-24-20-16-12-8-4)73-95-99(87,88)93-69-75(82)70-94-100(89,90)96-74-77(98-81(86)68-64-60-56-52-48-44-40-34-31-27-23-19-15-11-7-3)72-92-78(83)65-61-57-53-49-46-42-39-33-30-26-22-18-14-10-6-2/h10,14,20-22,24-26,32-35,37-40,75-77,82H,5-9,11-13,15-19,23,27-31,36,41-74H2,1-4H3,(H,87,88)(H,89,90)/b14-10-,24-20-,25-21-,26-22-,35-32-,38-37-,39-33-,40-34-. The fraction of sp³-hybridized carbons (Fsp3) is 0.753. The Labute approximate surface area is 607 Å². The molecule has 0 bridgehead atoms. The molecule has 0 radical (unpaired) electrons. The Balaban J connectivity index is 5.33. The van der Waals surface area contributed by atoms with E-state index in [-0.39, 0.29) is 25.7 Å². The second-order valence-electron chi connectivity index (χ2n) is 26.3. The molecule has 0 amide bonds. The summed E-state index contributed by atoms with van der Waals surface area (Å²) in [5.74, 6) is -2.21. The van der Waals surface area contributed by atoms with E-state index in [4.69, 9.17) is 37.0 Å². The van der Waals surface area contributed by atoms with E-state index < -0.39 is 97.5 Å². The molecule has 0 saturated carbocycles. The van der Waals surface area contributed by atoms with Crippen molar-refractivity contribution in [2.75, 3.05) is 39.6 Å². The van der Waals surface area contributed by atoms with Gasteiger partial charge in [-0.2, -0.15) is 0 Å². The minimum Gasteiger partial charge on any atom is -0.462 e. The first-order valence-corrected chi connectivity index (χ1v) is 42.5. The fourth-order valence-corrected chi connectivity index (χ4v) is 12.0. The Kier molecular flexibility index (Phi) is 70.4. The van der Waals surface area contributed by atoms with Gasteiger partial charge in [-0.15, -0.1) is 0 Å². The lowest BCUT2D eigenvalue weighted by Crippen LogP contribution is -2.30. The number of phosphoric acid groups is 2. The molecule has 0 heterocycles. The molecule has 0 fully saturated rings. The largest absolute Gasteiger partial charge is 0.472 e. The van der Waals surface area contributed by atoms with Crippen molar-refractivity contribution in [1.29, 1.82) is 0 Å². The van der Waals surface area contributed by atoms with Gasteiger partial charge in [0.05, 0.1) is 26.4 Å². The van der Waals surface area contributed by atoms with Crippen LogP contribution in [0.15, 0.2) is 97.2 Å². The van der Waals surface area contributed by atoms with E-state index in [0.29, 0.717) is 25.7 Å². The lowest BCUT2D eigenvalue weighted by Gasteiger charge is -2.21. The van der Waals surface area contributed by atoms with Crippen molar-refractivity contribution < 1.29 is 80.2 Å². The van der Waals surface area contributed by atoms with Crippen LogP contribution < -0.4 is 0 Å². The first-order chi connectivity index (χ1) is 48.7. The molecule has 0 aliphatic heterocycles. The number of hydrogen-bond donors (Lipinski definition) is 3. The van der Waals surface area contributed by atoms with Crippen LogP contribution in [-0.4, -0.2) is 96.7 Å². The molecule has 578 valence electrons. The summed E-state index contributed by atoms with van der Waals surface area (Å²) >= 11 is 0. The highest BCUT2D eigenvalue weighted by Crippen LogP contribution is 2.45.